The number of ether oxygens (including phenoxy) is 1. The van der Waals surface area contributed by atoms with Crippen molar-refractivity contribution in [2.45, 2.75) is 19.4 Å². The number of thiophene rings is 1. The predicted octanol–water partition coefficient (Wildman–Crippen LogP) is 2.43. The van der Waals surface area contributed by atoms with Crippen molar-refractivity contribution in [2.24, 2.45) is 0 Å². The van der Waals surface area contributed by atoms with Gasteiger partial charge in [-0.1, -0.05) is 12.1 Å². The third kappa shape index (κ3) is 4.91. The van der Waals surface area contributed by atoms with Crippen LogP contribution < -0.4 is 5.32 Å². The molecule has 0 saturated heterocycles. The highest BCUT2D eigenvalue weighted by Crippen LogP contribution is 2.21. The van der Waals surface area contributed by atoms with Crippen LogP contribution in [0.1, 0.15) is 12.5 Å². The van der Waals surface area contributed by atoms with Crippen molar-refractivity contribution in [1.29, 1.82) is 0 Å². The molecule has 0 spiro atoms. The maximum atomic E-state index is 9.07. The second-order valence-electron chi connectivity index (χ2n) is 4.71. The Hall–Kier alpha value is -0.940. The molecule has 2 aromatic rings. The van der Waals surface area contributed by atoms with Gasteiger partial charge in [0.15, 0.2) is 0 Å². The summed E-state index contributed by atoms with van der Waals surface area (Å²) in [7, 11) is 0. The Morgan fingerprint density at radius 2 is 2.21 bits per heavy atom. The van der Waals surface area contributed by atoms with Crippen LogP contribution in [0.5, 0.6) is 0 Å². The largest absolute Gasteiger partial charge is 0.392 e. The summed E-state index contributed by atoms with van der Waals surface area (Å²) in [5.74, 6) is 0. The Labute approximate surface area is 118 Å². The molecule has 0 fully saturated rings. The summed E-state index contributed by atoms with van der Waals surface area (Å²) in [4.78, 5) is 0. The standard InChI is InChI=1S/C15H21NO2S/c1-12(17)11-16-6-8-18-7-4-13-2-3-15-14(10-13)5-9-19-15/h2-3,5,9-10,12,16-17H,4,6-8,11H2,1H3. The maximum Gasteiger partial charge on any atom is 0.0636 e. The van der Waals surface area contributed by atoms with E-state index in [1.807, 2.05) is 0 Å². The molecule has 1 atom stereocenters. The van der Waals surface area contributed by atoms with Crippen LogP contribution in [-0.4, -0.2) is 37.5 Å². The zero-order valence-electron chi connectivity index (χ0n) is 11.3. The molecule has 1 aromatic carbocycles. The minimum Gasteiger partial charge on any atom is -0.392 e. The van der Waals surface area contributed by atoms with E-state index in [-0.39, 0.29) is 6.10 Å². The van der Waals surface area contributed by atoms with Gasteiger partial charge in [-0.25, -0.2) is 0 Å². The third-order valence-electron chi connectivity index (χ3n) is 2.91. The second kappa shape index (κ2) is 7.60. The topological polar surface area (TPSA) is 41.5 Å². The van der Waals surface area contributed by atoms with E-state index < -0.39 is 0 Å². The molecule has 0 bridgehead atoms. The van der Waals surface area contributed by atoms with Crippen LogP contribution >= 0.6 is 11.3 Å². The van der Waals surface area contributed by atoms with Crippen LogP contribution in [0, 0.1) is 0 Å². The number of aliphatic hydroxyl groups is 1. The molecule has 0 aliphatic carbocycles. The summed E-state index contributed by atoms with van der Waals surface area (Å²) in [5.41, 5.74) is 1.32. The smallest absolute Gasteiger partial charge is 0.0636 e. The molecule has 1 aromatic heterocycles. The molecule has 4 heteroatoms. The molecule has 0 radical (unpaired) electrons. The second-order valence-corrected chi connectivity index (χ2v) is 5.66. The van der Waals surface area contributed by atoms with Crippen molar-refractivity contribution in [2.75, 3.05) is 26.3 Å². The van der Waals surface area contributed by atoms with Crippen LogP contribution in [0.3, 0.4) is 0 Å². The number of rotatable bonds is 8. The van der Waals surface area contributed by atoms with Crippen LogP contribution in [-0.2, 0) is 11.2 Å². The van der Waals surface area contributed by atoms with Crippen LogP contribution in [0.15, 0.2) is 29.6 Å². The fourth-order valence-electron chi connectivity index (χ4n) is 1.92. The minimum absolute atomic E-state index is 0.294. The summed E-state index contributed by atoms with van der Waals surface area (Å²) in [6.45, 7) is 4.61. The quantitative estimate of drug-likeness (QED) is 0.729. The van der Waals surface area contributed by atoms with E-state index in [1.54, 1.807) is 18.3 Å². The fraction of sp³-hybridized carbons (Fsp3) is 0.467. The lowest BCUT2D eigenvalue weighted by Crippen LogP contribution is -2.27. The van der Waals surface area contributed by atoms with E-state index in [0.29, 0.717) is 13.2 Å². The number of fused-ring (bicyclic) bond motifs is 1. The monoisotopic (exact) mass is 279 g/mol. The lowest BCUT2D eigenvalue weighted by atomic mass is 10.1. The lowest BCUT2D eigenvalue weighted by Gasteiger charge is -2.07. The van der Waals surface area contributed by atoms with Gasteiger partial charge in [0.1, 0.15) is 0 Å². The van der Waals surface area contributed by atoms with E-state index >= 15 is 0 Å². The molecule has 1 heterocycles. The van der Waals surface area contributed by atoms with E-state index in [2.05, 4.69) is 35.0 Å². The highest BCUT2D eigenvalue weighted by atomic mass is 32.1. The average molecular weight is 279 g/mol. The fourth-order valence-corrected chi connectivity index (χ4v) is 2.69. The summed E-state index contributed by atoms with van der Waals surface area (Å²) in [5, 5.41) is 15.6. The molecule has 3 nitrogen and oxygen atoms in total. The van der Waals surface area contributed by atoms with Crippen LogP contribution in [0.25, 0.3) is 10.1 Å². The van der Waals surface area contributed by atoms with Gasteiger partial charge in [0.2, 0.25) is 0 Å². The molecule has 104 valence electrons. The van der Waals surface area contributed by atoms with Crippen molar-refractivity contribution in [1.82, 2.24) is 5.32 Å². The number of hydrogen-bond donors (Lipinski definition) is 2. The third-order valence-corrected chi connectivity index (χ3v) is 3.81. The summed E-state index contributed by atoms with van der Waals surface area (Å²) in [6, 6.07) is 8.75. The van der Waals surface area contributed by atoms with Gasteiger partial charge < -0.3 is 15.2 Å². The lowest BCUT2D eigenvalue weighted by molar-refractivity contribution is 0.132. The molecule has 2 N–H and O–H groups in total. The number of hydrogen-bond acceptors (Lipinski definition) is 4. The molecular weight excluding hydrogens is 258 g/mol. The molecule has 0 saturated carbocycles. The Bertz CT molecular complexity index is 496. The average Bonchev–Trinajstić information content (AvgIpc) is 2.84. The number of nitrogens with one attached hydrogen (secondary N) is 1. The zero-order valence-corrected chi connectivity index (χ0v) is 12.1. The normalized spacial score (nSPS) is 12.9. The molecule has 0 amide bonds. The van der Waals surface area contributed by atoms with E-state index in [1.165, 1.54) is 15.6 Å². The van der Waals surface area contributed by atoms with Gasteiger partial charge in [0.05, 0.1) is 19.3 Å². The first-order chi connectivity index (χ1) is 9.25. The first-order valence-corrected chi connectivity index (χ1v) is 7.56. The maximum absolute atomic E-state index is 9.07. The number of benzene rings is 1. The van der Waals surface area contributed by atoms with Crippen LogP contribution in [0.4, 0.5) is 0 Å². The Balaban J connectivity index is 1.62. The van der Waals surface area contributed by atoms with E-state index in [9.17, 15) is 0 Å². The van der Waals surface area contributed by atoms with E-state index in [4.69, 9.17) is 9.84 Å². The molecule has 0 aliphatic rings. The predicted molar refractivity (Wildman–Crippen MR) is 80.9 cm³/mol. The van der Waals surface area contributed by atoms with Gasteiger partial charge in [-0.05, 0) is 41.8 Å². The van der Waals surface area contributed by atoms with E-state index in [0.717, 1.165) is 19.6 Å². The first-order valence-electron chi connectivity index (χ1n) is 6.68. The molecule has 2 rings (SSSR count). The summed E-state index contributed by atoms with van der Waals surface area (Å²) in [6.07, 6.45) is 0.652. The van der Waals surface area contributed by atoms with Crippen molar-refractivity contribution in [3.8, 4) is 0 Å². The Morgan fingerprint density at radius 3 is 3.05 bits per heavy atom. The Morgan fingerprint density at radius 1 is 1.32 bits per heavy atom. The van der Waals surface area contributed by atoms with Crippen molar-refractivity contribution >= 4 is 21.4 Å². The molecule has 19 heavy (non-hydrogen) atoms. The van der Waals surface area contributed by atoms with Crippen LogP contribution in [0.2, 0.25) is 0 Å². The highest BCUT2D eigenvalue weighted by molar-refractivity contribution is 7.17. The Kier molecular flexibility index (Phi) is 5.79. The van der Waals surface area contributed by atoms with Gasteiger partial charge in [0.25, 0.3) is 0 Å². The van der Waals surface area contributed by atoms with Gasteiger partial charge in [-0.3, -0.25) is 0 Å². The first kappa shape index (κ1) is 14.5. The highest BCUT2D eigenvalue weighted by Gasteiger charge is 1.98. The summed E-state index contributed by atoms with van der Waals surface area (Å²) < 4.78 is 6.91. The summed E-state index contributed by atoms with van der Waals surface area (Å²) >= 11 is 1.78. The van der Waals surface area contributed by atoms with Gasteiger partial charge >= 0.3 is 0 Å². The molecule has 0 aliphatic heterocycles. The van der Waals surface area contributed by atoms with Gasteiger partial charge in [-0.2, -0.15) is 0 Å². The number of aliphatic hydroxyl groups excluding tert-OH is 1. The van der Waals surface area contributed by atoms with Gasteiger partial charge in [0, 0.05) is 17.8 Å². The zero-order chi connectivity index (χ0) is 13.5. The van der Waals surface area contributed by atoms with Crippen molar-refractivity contribution in [3.05, 3.63) is 35.2 Å². The van der Waals surface area contributed by atoms with Gasteiger partial charge in [-0.15, -0.1) is 11.3 Å². The molecule has 1 unspecified atom stereocenters. The SMILES string of the molecule is CC(O)CNCCOCCc1ccc2sccc2c1. The van der Waals surface area contributed by atoms with Crippen molar-refractivity contribution in [3.63, 3.8) is 0 Å². The molecular formula is C15H21NO2S. The minimum atomic E-state index is -0.294. The van der Waals surface area contributed by atoms with Crippen molar-refractivity contribution < 1.29 is 9.84 Å².